The van der Waals surface area contributed by atoms with E-state index in [0.29, 0.717) is 5.92 Å². The maximum atomic E-state index is 10.6. The van der Waals surface area contributed by atoms with Crippen molar-refractivity contribution in [3.63, 3.8) is 0 Å². The fourth-order valence-corrected chi connectivity index (χ4v) is 1.34. The molecule has 2 nitrogen and oxygen atoms in total. The van der Waals surface area contributed by atoms with Crippen LogP contribution in [0.1, 0.15) is 52.9 Å². The van der Waals surface area contributed by atoms with Crippen molar-refractivity contribution in [1.82, 2.24) is 5.32 Å². The van der Waals surface area contributed by atoms with E-state index in [1.54, 1.807) is 6.92 Å². The van der Waals surface area contributed by atoms with Crippen LogP contribution < -0.4 is 5.32 Å². The number of carbonyl (C=O) groups excluding carboxylic acids is 1. The summed E-state index contributed by atoms with van der Waals surface area (Å²) in [5.41, 5.74) is 0. The Morgan fingerprint density at radius 2 is 2.00 bits per heavy atom. The Hall–Kier alpha value is -0.530. The van der Waals surface area contributed by atoms with Gasteiger partial charge in [0.2, 0.25) is 5.91 Å². The third kappa shape index (κ3) is 9.38. The average Bonchev–Trinajstić information content (AvgIpc) is 2.09. The predicted molar refractivity (Wildman–Crippen MR) is 56.6 cm³/mol. The van der Waals surface area contributed by atoms with Gasteiger partial charge in [0.1, 0.15) is 0 Å². The first-order chi connectivity index (χ1) is 6.16. The molecule has 1 amide bonds. The highest BCUT2D eigenvalue weighted by molar-refractivity contribution is 5.72. The van der Waals surface area contributed by atoms with Crippen molar-refractivity contribution in [3.05, 3.63) is 0 Å². The molecule has 78 valence electrons. The Morgan fingerprint density at radius 3 is 2.54 bits per heavy atom. The third-order valence-corrected chi connectivity index (χ3v) is 2.25. The number of carbonyl (C=O) groups is 1. The third-order valence-electron chi connectivity index (χ3n) is 2.25. The molecule has 1 atom stereocenters. The van der Waals surface area contributed by atoms with Gasteiger partial charge in [-0.15, -0.1) is 0 Å². The highest BCUT2D eigenvalue weighted by Crippen LogP contribution is 2.09. The number of hydrogen-bond acceptors (Lipinski definition) is 1. The number of unbranched alkanes of at least 4 members (excludes halogenated alkanes) is 3. The summed E-state index contributed by atoms with van der Waals surface area (Å²) in [5, 5.41) is 2.85. The molecule has 0 spiro atoms. The van der Waals surface area contributed by atoms with Crippen molar-refractivity contribution in [2.45, 2.75) is 52.9 Å². The molecule has 0 saturated carbocycles. The van der Waals surface area contributed by atoms with Crippen LogP contribution in [0.2, 0.25) is 0 Å². The van der Waals surface area contributed by atoms with Crippen LogP contribution >= 0.6 is 0 Å². The van der Waals surface area contributed by atoms with Gasteiger partial charge in [-0.25, -0.2) is 0 Å². The summed E-state index contributed by atoms with van der Waals surface area (Å²) >= 11 is 0. The standard InChI is InChI=1S/C11H23NO/c1-4-5-6-7-8-10(2)9-12-11(3)13/h10H,4-9H2,1-3H3,(H,12,13). The summed E-state index contributed by atoms with van der Waals surface area (Å²) in [6.45, 7) is 6.83. The Morgan fingerprint density at radius 1 is 1.31 bits per heavy atom. The monoisotopic (exact) mass is 185 g/mol. The zero-order valence-electron chi connectivity index (χ0n) is 9.23. The first kappa shape index (κ1) is 12.5. The van der Waals surface area contributed by atoms with Crippen molar-refractivity contribution in [2.75, 3.05) is 6.54 Å². The summed E-state index contributed by atoms with van der Waals surface area (Å²) in [4.78, 5) is 10.6. The van der Waals surface area contributed by atoms with Crippen LogP contribution in [0.3, 0.4) is 0 Å². The van der Waals surface area contributed by atoms with Gasteiger partial charge in [0.05, 0.1) is 0 Å². The summed E-state index contributed by atoms with van der Waals surface area (Å²) in [7, 11) is 0. The molecule has 0 aliphatic rings. The SMILES string of the molecule is CCCCCCC(C)CNC(C)=O. The molecule has 0 bridgehead atoms. The minimum Gasteiger partial charge on any atom is -0.356 e. The van der Waals surface area contributed by atoms with E-state index in [0.717, 1.165) is 6.54 Å². The number of nitrogens with one attached hydrogen (secondary N) is 1. The molecule has 0 aromatic rings. The molecule has 0 aromatic carbocycles. The van der Waals surface area contributed by atoms with E-state index in [2.05, 4.69) is 19.2 Å². The molecule has 0 rings (SSSR count). The smallest absolute Gasteiger partial charge is 0.216 e. The number of amides is 1. The molecule has 0 aliphatic carbocycles. The fraction of sp³-hybridized carbons (Fsp3) is 0.909. The predicted octanol–water partition coefficient (Wildman–Crippen LogP) is 2.73. The van der Waals surface area contributed by atoms with Crippen LogP contribution in [-0.4, -0.2) is 12.5 Å². The fourth-order valence-electron chi connectivity index (χ4n) is 1.34. The zero-order valence-corrected chi connectivity index (χ0v) is 9.23. The van der Waals surface area contributed by atoms with Gasteiger partial charge >= 0.3 is 0 Å². The van der Waals surface area contributed by atoms with Gasteiger partial charge in [0.15, 0.2) is 0 Å². The lowest BCUT2D eigenvalue weighted by molar-refractivity contribution is -0.119. The van der Waals surface area contributed by atoms with E-state index >= 15 is 0 Å². The lowest BCUT2D eigenvalue weighted by atomic mass is 10.0. The van der Waals surface area contributed by atoms with E-state index in [-0.39, 0.29) is 5.91 Å². The molecule has 2 heteroatoms. The highest BCUT2D eigenvalue weighted by Gasteiger charge is 2.01. The Bertz CT molecular complexity index is 134. The second-order valence-electron chi connectivity index (χ2n) is 3.89. The lowest BCUT2D eigenvalue weighted by Gasteiger charge is -2.10. The molecule has 0 aliphatic heterocycles. The van der Waals surface area contributed by atoms with Crippen molar-refractivity contribution in [3.8, 4) is 0 Å². The quantitative estimate of drug-likeness (QED) is 0.607. The van der Waals surface area contributed by atoms with Gasteiger partial charge < -0.3 is 5.32 Å². The van der Waals surface area contributed by atoms with Crippen molar-refractivity contribution >= 4 is 5.91 Å². The molecule has 13 heavy (non-hydrogen) atoms. The summed E-state index contributed by atoms with van der Waals surface area (Å²) in [6, 6.07) is 0. The summed E-state index contributed by atoms with van der Waals surface area (Å²) < 4.78 is 0. The van der Waals surface area contributed by atoms with Gasteiger partial charge in [0, 0.05) is 13.5 Å². The van der Waals surface area contributed by atoms with Gasteiger partial charge in [-0.2, -0.15) is 0 Å². The zero-order chi connectivity index (χ0) is 10.1. The maximum Gasteiger partial charge on any atom is 0.216 e. The molecule has 1 unspecified atom stereocenters. The first-order valence-corrected chi connectivity index (χ1v) is 5.41. The Kier molecular flexibility index (Phi) is 7.76. The average molecular weight is 185 g/mol. The van der Waals surface area contributed by atoms with Crippen LogP contribution in [-0.2, 0) is 4.79 Å². The van der Waals surface area contributed by atoms with Crippen molar-refractivity contribution < 1.29 is 4.79 Å². The molecular formula is C11H23NO. The van der Waals surface area contributed by atoms with Crippen LogP contribution in [0, 0.1) is 5.92 Å². The van der Waals surface area contributed by atoms with Crippen LogP contribution in [0.25, 0.3) is 0 Å². The highest BCUT2D eigenvalue weighted by atomic mass is 16.1. The second kappa shape index (κ2) is 8.09. The first-order valence-electron chi connectivity index (χ1n) is 5.41. The molecule has 0 saturated heterocycles. The van der Waals surface area contributed by atoms with Crippen LogP contribution in [0.4, 0.5) is 0 Å². The summed E-state index contributed by atoms with van der Waals surface area (Å²) in [6.07, 6.45) is 6.50. The normalized spacial score (nSPS) is 12.5. The molecule has 0 radical (unpaired) electrons. The van der Waals surface area contributed by atoms with Gasteiger partial charge in [-0.3, -0.25) is 4.79 Å². The Balaban J connectivity index is 3.19. The van der Waals surface area contributed by atoms with E-state index in [1.807, 2.05) is 0 Å². The van der Waals surface area contributed by atoms with E-state index in [9.17, 15) is 4.79 Å². The van der Waals surface area contributed by atoms with Crippen molar-refractivity contribution in [1.29, 1.82) is 0 Å². The Labute approximate surface area is 82.1 Å². The molecule has 0 heterocycles. The lowest BCUT2D eigenvalue weighted by Crippen LogP contribution is -2.25. The minimum atomic E-state index is 0.0837. The van der Waals surface area contributed by atoms with Gasteiger partial charge in [-0.05, 0) is 12.3 Å². The maximum absolute atomic E-state index is 10.6. The van der Waals surface area contributed by atoms with E-state index in [4.69, 9.17) is 0 Å². The largest absolute Gasteiger partial charge is 0.356 e. The van der Waals surface area contributed by atoms with Gasteiger partial charge in [0.25, 0.3) is 0 Å². The molecule has 1 N–H and O–H groups in total. The minimum absolute atomic E-state index is 0.0837. The number of rotatable bonds is 7. The van der Waals surface area contributed by atoms with Gasteiger partial charge in [-0.1, -0.05) is 39.5 Å². The van der Waals surface area contributed by atoms with Crippen LogP contribution in [0.15, 0.2) is 0 Å². The van der Waals surface area contributed by atoms with E-state index < -0.39 is 0 Å². The van der Waals surface area contributed by atoms with Crippen molar-refractivity contribution in [2.24, 2.45) is 5.92 Å². The van der Waals surface area contributed by atoms with E-state index in [1.165, 1.54) is 32.1 Å². The molecular weight excluding hydrogens is 162 g/mol. The van der Waals surface area contributed by atoms with Crippen LogP contribution in [0.5, 0.6) is 0 Å². The topological polar surface area (TPSA) is 29.1 Å². The second-order valence-corrected chi connectivity index (χ2v) is 3.89. The summed E-state index contributed by atoms with van der Waals surface area (Å²) in [5.74, 6) is 0.709. The molecule has 0 fully saturated rings. The number of hydrogen-bond donors (Lipinski definition) is 1. The molecule has 0 aromatic heterocycles.